The van der Waals surface area contributed by atoms with E-state index in [2.05, 4.69) is 130 Å². The van der Waals surface area contributed by atoms with Crippen LogP contribution >= 0.6 is 0 Å². The third kappa shape index (κ3) is 51.2. The second-order valence-corrected chi connectivity index (χ2v) is 17.0. The zero-order valence-corrected chi connectivity index (χ0v) is 41.8. The van der Waals surface area contributed by atoms with E-state index in [9.17, 15) is 9.59 Å². The molecule has 1 unspecified atom stereocenters. The van der Waals surface area contributed by atoms with Gasteiger partial charge in [0.1, 0.15) is 6.61 Å². The van der Waals surface area contributed by atoms with Crippen molar-refractivity contribution in [1.29, 1.82) is 0 Å². The molecule has 0 saturated carbocycles. The topological polar surface area (TPSA) is 61.8 Å². The van der Waals surface area contributed by atoms with Gasteiger partial charge in [0, 0.05) is 19.4 Å². The summed E-state index contributed by atoms with van der Waals surface area (Å²) in [6.45, 7) is 7.50. The third-order valence-corrected chi connectivity index (χ3v) is 10.8. The van der Waals surface area contributed by atoms with Gasteiger partial charge in [0.15, 0.2) is 6.10 Å². The zero-order chi connectivity index (χ0) is 46.3. The van der Waals surface area contributed by atoms with E-state index in [4.69, 9.17) is 14.2 Å². The van der Waals surface area contributed by atoms with E-state index in [1.54, 1.807) is 0 Å². The number of allylic oxidation sites excluding steroid dienone is 18. The molecule has 0 fully saturated rings. The lowest BCUT2D eigenvalue weighted by atomic mass is 10.0. The van der Waals surface area contributed by atoms with Crippen molar-refractivity contribution < 1.29 is 23.8 Å². The molecule has 0 radical (unpaired) electrons. The average molecular weight is 887 g/mol. The first kappa shape index (κ1) is 60.6. The van der Waals surface area contributed by atoms with Crippen LogP contribution in [0.5, 0.6) is 0 Å². The number of esters is 2. The summed E-state index contributed by atoms with van der Waals surface area (Å²) in [7, 11) is 0. The Balaban J connectivity index is 4.43. The molecule has 0 aromatic heterocycles. The van der Waals surface area contributed by atoms with E-state index >= 15 is 0 Å². The van der Waals surface area contributed by atoms with Crippen LogP contribution in [0.2, 0.25) is 0 Å². The quantitative estimate of drug-likeness (QED) is 0.0346. The molecule has 0 amide bonds. The van der Waals surface area contributed by atoms with E-state index < -0.39 is 6.10 Å². The van der Waals surface area contributed by atoms with Crippen LogP contribution in [-0.4, -0.2) is 37.9 Å². The minimum atomic E-state index is -0.585. The molecule has 0 saturated heterocycles. The van der Waals surface area contributed by atoms with Crippen LogP contribution in [0.1, 0.15) is 226 Å². The number of carbonyl (C=O) groups is 2. The van der Waals surface area contributed by atoms with Crippen LogP contribution < -0.4 is 0 Å². The fraction of sp³-hybridized carbons (Fsp3) is 0.661. The Morgan fingerprint density at radius 2 is 0.719 bits per heavy atom. The van der Waals surface area contributed by atoms with Crippen molar-refractivity contribution in [3.8, 4) is 0 Å². The summed E-state index contributed by atoms with van der Waals surface area (Å²) in [6.07, 6.45) is 74.0. The maximum atomic E-state index is 12.8. The summed E-state index contributed by atoms with van der Waals surface area (Å²) in [4.78, 5) is 25.4. The van der Waals surface area contributed by atoms with Crippen molar-refractivity contribution in [2.75, 3.05) is 19.8 Å². The minimum Gasteiger partial charge on any atom is -0.462 e. The maximum absolute atomic E-state index is 12.8. The summed E-state index contributed by atoms with van der Waals surface area (Å²) in [5.41, 5.74) is 0. The van der Waals surface area contributed by atoms with Gasteiger partial charge >= 0.3 is 11.9 Å². The van der Waals surface area contributed by atoms with Crippen LogP contribution in [-0.2, 0) is 23.8 Å². The number of rotatable bonds is 47. The lowest BCUT2D eigenvalue weighted by Gasteiger charge is -2.18. The Labute approximate surface area is 395 Å². The van der Waals surface area contributed by atoms with Gasteiger partial charge in [-0.3, -0.25) is 9.59 Å². The summed E-state index contributed by atoms with van der Waals surface area (Å²) >= 11 is 0. The second-order valence-electron chi connectivity index (χ2n) is 17.0. The molecule has 0 aliphatic heterocycles. The second kappa shape index (κ2) is 53.9. The normalized spacial score (nSPS) is 13.1. The standard InChI is InChI=1S/C59H98O5/c1-4-7-10-13-16-19-22-25-28-30-32-34-37-40-43-46-49-52-58(60)63-56-57(55-62-54-51-48-45-42-39-36-33-29-26-23-20-17-14-11-8-5-2)64-59(61)53-50-47-44-41-38-35-31-27-24-21-18-15-12-9-6-3/h7,9-10,12,16,18-19,21,25,27-28,31-32,34,38,40-41,43,57H,4-6,8,11,13-15,17,20,22-24,26,29-30,33,35-37,39,42,44-56H2,1-3H3/b10-7-,12-9-,19-16-,21-18-,28-25-,31-27-,34-32-,41-38-,43-40-. The SMILES string of the molecule is CC/C=C\C/C=C\C/C=C\C/C=C\C/C=C\CCCC(=O)OCC(COCCCCCCCCCCCCCCCCCC)OC(=O)CCCC/C=C\C/C=C\C/C=C\C/C=C\CC. The summed E-state index contributed by atoms with van der Waals surface area (Å²) < 4.78 is 17.3. The molecule has 0 aromatic rings. The highest BCUT2D eigenvalue weighted by molar-refractivity contribution is 5.70. The van der Waals surface area contributed by atoms with Gasteiger partial charge in [0.2, 0.25) is 0 Å². The van der Waals surface area contributed by atoms with Gasteiger partial charge in [0.25, 0.3) is 0 Å². The van der Waals surface area contributed by atoms with Gasteiger partial charge in [-0.25, -0.2) is 0 Å². The Morgan fingerprint density at radius 3 is 1.14 bits per heavy atom. The maximum Gasteiger partial charge on any atom is 0.306 e. The molecule has 0 aromatic carbocycles. The van der Waals surface area contributed by atoms with Gasteiger partial charge in [-0.15, -0.1) is 0 Å². The molecule has 1 atom stereocenters. The predicted octanol–water partition coefficient (Wildman–Crippen LogP) is 18.0. The molecule has 0 spiro atoms. The summed E-state index contributed by atoms with van der Waals surface area (Å²) in [5, 5.41) is 0. The van der Waals surface area contributed by atoms with E-state index in [-0.39, 0.29) is 25.2 Å². The fourth-order valence-electron chi connectivity index (χ4n) is 6.95. The van der Waals surface area contributed by atoms with E-state index in [1.807, 2.05) is 0 Å². The van der Waals surface area contributed by atoms with Crippen molar-refractivity contribution in [2.45, 2.75) is 232 Å². The van der Waals surface area contributed by atoms with Crippen LogP contribution in [0, 0.1) is 0 Å². The lowest BCUT2D eigenvalue weighted by Crippen LogP contribution is -2.30. The van der Waals surface area contributed by atoms with Gasteiger partial charge in [0.05, 0.1) is 6.61 Å². The largest absolute Gasteiger partial charge is 0.462 e. The van der Waals surface area contributed by atoms with Crippen LogP contribution in [0.25, 0.3) is 0 Å². The Morgan fingerprint density at radius 1 is 0.359 bits per heavy atom. The monoisotopic (exact) mass is 887 g/mol. The lowest BCUT2D eigenvalue weighted by molar-refractivity contribution is -0.162. The molecular formula is C59H98O5. The third-order valence-electron chi connectivity index (χ3n) is 10.8. The first-order valence-corrected chi connectivity index (χ1v) is 26.4. The number of ether oxygens (including phenoxy) is 3. The van der Waals surface area contributed by atoms with Crippen molar-refractivity contribution in [3.63, 3.8) is 0 Å². The van der Waals surface area contributed by atoms with Gasteiger partial charge in [-0.05, 0) is 96.3 Å². The highest BCUT2D eigenvalue weighted by Gasteiger charge is 2.17. The van der Waals surface area contributed by atoms with Crippen LogP contribution in [0.3, 0.4) is 0 Å². The fourth-order valence-corrected chi connectivity index (χ4v) is 6.95. The highest BCUT2D eigenvalue weighted by atomic mass is 16.6. The van der Waals surface area contributed by atoms with E-state index in [0.29, 0.717) is 19.4 Å². The minimum absolute atomic E-state index is 0.0349. The number of unbranched alkanes of at least 4 members (excludes halogenated alkanes) is 18. The van der Waals surface area contributed by atoms with E-state index in [1.165, 1.54) is 89.9 Å². The number of hydrogen-bond donors (Lipinski definition) is 0. The molecule has 64 heavy (non-hydrogen) atoms. The first-order valence-electron chi connectivity index (χ1n) is 26.4. The number of hydrogen-bond acceptors (Lipinski definition) is 5. The summed E-state index contributed by atoms with van der Waals surface area (Å²) in [5.74, 6) is -0.514. The molecule has 5 nitrogen and oxygen atoms in total. The zero-order valence-electron chi connectivity index (χ0n) is 41.8. The van der Waals surface area contributed by atoms with E-state index in [0.717, 1.165) is 103 Å². The Kier molecular flexibility index (Phi) is 51.0. The Hall–Kier alpha value is -3.44. The average Bonchev–Trinajstić information content (AvgIpc) is 3.30. The van der Waals surface area contributed by atoms with Crippen molar-refractivity contribution in [1.82, 2.24) is 0 Å². The first-order chi connectivity index (χ1) is 31.6. The molecule has 0 aliphatic carbocycles. The Bertz CT molecular complexity index is 1280. The molecule has 0 bridgehead atoms. The van der Waals surface area contributed by atoms with Crippen LogP contribution in [0.15, 0.2) is 109 Å². The molecule has 0 heterocycles. The van der Waals surface area contributed by atoms with Crippen molar-refractivity contribution in [2.24, 2.45) is 0 Å². The van der Waals surface area contributed by atoms with Gasteiger partial charge < -0.3 is 14.2 Å². The molecular weight excluding hydrogens is 789 g/mol. The molecule has 5 heteroatoms. The molecule has 0 rings (SSSR count). The van der Waals surface area contributed by atoms with Gasteiger partial charge in [-0.1, -0.05) is 226 Å². The molecule has 0 aliphatic rings. The molecule has 0 N–H and O–H groups in total. The van der Waals surface area contributed by atoms with Crippen molar-refractivity contribution in [3.05, 3.63) is 109 Å². The predicted molar refractivity (Wildman–Crippen MR) is 279 cm³/mol. The highest BCUT2D eigenvalue weighted by Crippen LogP contribution is 2.14. The molecule has 364 valence electrons. The summed E-state index contributed by atoms with van der Waals surface area (Å²) in [6, 6.07) is 0. The number of carbonyl (C=O) groups excluding carboxylic acids is 2. The van der Waals surface area contributed by atoms with Crippen LogP contribution in [0.4, 0.5) is 0 Å². The van der Waals surface area contributed by atoms with Gasteiger partial charge in [-0.2, -0.15) is 0 Å². The smallest absolute Gasteiger partial charge is 0.306 e. The van der Waals surface area contributed by atoms with Crippen molar-refractivity contribution >= 4 is 11.9 Å².